The molecule has 3 rings (SSSR count). The number of hydrogen-bond donors (Lipinski definition) is 2. The number of nitrogens with zero attached hydrogens (tertiary/aromatic N) is 3. The van der Waals surface area contributed by atoms with Crippen molar-refractivity contribution < 1.29 is 9.53 Å². The summed E-state index contributed by atoms with van der Waals surface area (Å²) in [5, 5.41) is 14.0. The van der Waals surface area contributed by atoms with E-state index in [2.05, 4.69) is 20.6 Å². The average Bonchev–Trinajstić information content (AvgIpc) is 3.27. The Balaban J connectivity index is 1.50. The highest BCUT2D eigenvalue weighted by molar-refractivity contribution is 5.92. The number of H-pyrrole nitrogens is 1. The number of carbonyl (C=O) groups is 1. The molecular formula is C18H21N5O2. The minimum absolute atomic E-state index is 0.0671. The van der Waals surface area contributed by atoms with E-state index in [1.807, 2.05) is 55.1 Å². The van der Waals surface area contributed by atoms with E-state index >= 15 is 0 Å². The van der Waals surface area contributed by atoms with Crippen LogP contribution in [0.5, 0.6) is 5.75 Å². The quantitative estimate of drug-likeness (QED) is 0.692. The van der Waals surface area contributed by atoms with E-state index in [9.17, 15) is 4.79 Å². The van der Waals surface area contributed by atoms with Crippen molar-refractivity contribution in [1.82, 2.24) is 25.3 Å². The molecule has 1 amide bonds. The highest BCUT2D eigenvalue weighted by Gasteiger charge is 2.13. The molecule has 0 fully saturated rings. The van der Waals surface area contributed by atoms with Crippen LogP contribution in [0.4, 0.5) is 0 Å². The van der Waals surface area contributed by atoms with Crippen LogP contribution in [-0.2, 0) is 6.61 Å². The van der Waals surface area contributed by atoms with Crippen LogP contribution in [-0.4, -0.2) is 32.4 Å². The molecule has 0 saturated carbocycles. The second-order valence-corrected chi connectivity index (χ2v) is 5.94. The molecule has 2 N–H and O–H groups in total. The number of carbonyl (C=O) groups excluding carboxylic acids is 1. The molecule has 0 aliphatic carbocycles. The summed E-state index contributed by atoms with van der Waals surface area (Å²) in [5.41, 5.74) is 2.17. The fraction of sp³-hybridized carbons (Fsp3) is 0.278. The molecule has 1 unspecified atom stereocenters. The lowest BCUT2D eigenvalue weighted by atomic mass is 10.3. The van der Waals surface area contributed by atoms with E-state index in [-0.39, 0.29) is 11.9 Å². The first-order valence-corrected chi connectivity index (χ1v) is 8.13. The van der Waals surface area contributed by atoms with Crippen LogP contribution in [0.3, 0.4) is 0 Å². The monoisotopic (exact) mass is 339 g/mol. The summed E-state index contributed by atoms with van der Waals surface area (Å²) in [6.45, 7) is 4.78. The number of rotatable bonds is 7. The minimum Gasteiger partial charge on any atom is -0.487 e. The van der Waals surface area contributed by atoms with Gasteiger partial charge in [0.1, 0.15) is 18.1 Å². The molecule has 7 nitrogen and oxygen atoms in total. The summed E-state index contributed by atoms with van der Waals surface area (Å²) < 4.78 is 7.46. The summed E-state index contributed by atoms with van der Waals surface area (Å²) in [5.74, 6) is 0.546. The fourth-order valence-electron chi connectivity index (χ4n) is 2.33. The molecule has 130 valence electrons. The van der Waals surface area contributed by atoms with E-state index in [4.69, 9.17) is 4.74 Å². The largest absolute Gasteiger partial charge is 0.487 e. The van der Waals surface area contributed by atoms with Gasteiger partial charge in [-0.15, -0.1) is 0 Å². The highest BCUT2D eigenvalue weighted by atomic mass is 16.5. The number of amides is 1. The Hall–Kier alpha value is -3.09. The first-order chi connectivity index (χ1) is 12.1. The smallest absolute Gasteiger partial charge is 0.271 e. The molecule has 1 aromatic carbocycles. The number of ether oxygens (including phenoxy) is 1. The van der Waals surface area contributed by atoms with Gasteiger partial charge in [-0.1, -0.05) is 18.2 Å². The Kier molecular flexibility index (Phi) is 5.13. The van der Waals surface area contributed by atoms with Gasteiger partial charge in [-0.2, -0.15) is 10.2 Å². The van der Waals surface area contributed by atoms with Crippen molar-refractivity contribution in [1.29, 1.82) is 0 Å². The molecule has 0 aliphatic heterocycles. The summed E-state index contributed by atoms with van der Waals surface area (Å²) in [7, 11) is 0. The predicted octanol–water partition coefficient (Wildman–Crippen LogP) is 2.48. The molecule has 25 heavy (non-hydrogen) atoms. The van der Waals surface area contributed by atoms with Gasteiger partial charge in [0, 0.05) is 12.7 Å². The SMILES string of the molecule is Cc1cnn(C(C)CNC(=O)c2cc(COc3ccccc3)[nH]n2)c1. The Bertz CT molecular complexity index is 825. The van der Waals surface area contributed by atoms with Gasteiger partial charge in [-0.3, -0.25) is 14.6 Å². The number of nitrogens with one attached hydrogen (secondary N) is 2. The van der Waals surface area contributed by atoms with Crippen LogP contribution >= 0.6 is 0 Å². The van der Waals surface area contributed by atoms with Gasteiger partial charge in [-0.25, -0.2) is 0 Å². The first kappa shape index (κ1) is 16.8. The van der Waals surface area contributed by atoms with E-state index in [1.165, 1.54) is 0 Å². The Morgan fingerprint density at radius 2 is 2.16 bits per heavy atom. The molecule has 0 spiro atoms. The molecular weight excluding hydrogens is 318 g/mol. The van der Waals surface area contributed by atoms with Crippen LogP contribution in [0.1, 0.15) is 34.7 Å². The summed E-state index contributed by atoms with van der Waals surface area (Å²) in [6, 6.07) is 11.3. The van der Waals surface area contributed by atoms with Crippen molar-refractivity contribution in [3.63, 3.8) is 0 Å². The predicted molar refractivity (Wildman–Crippen MR) is 93.4 cm³/mol. The standard InChI is InChI=1S/C18H21N5O2/c1-13-9-20-23(11-13)14(2)10-19-18(24)17-8-15(21-22-17)12-25-16-6-4-3-5-7-16/h3-9,11,14H,10,12H2,1-2H3,(H,19,24)(H,21,22). The molecule has 7 heteroatoms. The molecule has 1 atom stereocenters. The lowest BCUT2D eigenvalue weighted by Gasteiger charge is -2.12. The van der Waals surface area contributed by atoms with Crippen molar-refractivity contribution in [2.45, 2.75) is 26.5 Å². The zero-order chi connectivity index (χ0) is 17.6. The van der Waals surface area contributed by atoms with Crippen molar-refractivity contribution in [2.24, 2.45) is 0 Å². The number of hydrogen-bond acceptors (Lipinski definition) is 4. The lowest BCUT2D eigenvalue weighted by Crippen LogP contribution is -2.30. The maximum absolute atomic E-state index is 12.2. The number of aromatic nitrogens is 4. The van der Waals surface area contributed by atoms with Gasteiger partial charge >= 0.3 is 0 Å². The molecule has 3 aromatic rings. The van der Waals surface area contributed by atoms with Crippen LogP contribution in [0.25, 0.3) is 0 Å². The third-order valence-corrected chi connectivity index (χ3v) is 3.74. The van der Waals surface area contributed by atoms with Crippen LogP contribution in [0, 0.1) is 6.92 Å². The van der Waals surface area contributed by atoms with Gasteiger partial charge in [0.05, 0.1) is 17.9 Å². The minimum atomic E-state index is -0.224. The number of para-hydroxylation sites is 1. The Morgan fingerprint density at radius 1 is 1.36 bits per heavy atom. The fourth-order valence-corrected chi connectivity index (χ4v) is 2.33. The van der Waals surface area contributed by atoms with E-state index in [0.717, 1.165) is 17.0 Å². The number of benzene rings is 1. The van der Waals surface area contributed by atoms with Crippen molar-refractivity contribution in [2.75, 3.05) is 6.54 Å². The molecule has 2 aromatic heterocycles. The Labute approximate surface area is 146 Å². The second-order valence-electron chi connectivity index (χ2n) is 5.94. The maximum Gasteiger partial charge on any atom is 0.271 e. The van der Waals surface area contributed by atoms with Gasteiger partial charge < -0.3 is 10.1 Å². The molecule has 0 aliphatic rings. The average molecular weight is 339 g/mol. The summed E-state index contributed by atoms with van der Waals surface area (Å²) in [6.07, 6.45) is 3.75. The third kappa shape index (κ3) is 4.47. The van der Waals surface area contributed by atoms with E-state index in [0.29, 0.717) is 18.8 Å². The Morgan fingerprint density at radius 3 is 2.88 bits per heavy atom. The number of aromatic amines is 1. The lowest BCUT2D eigenvalue weighted by molar-refractivity contribution is 0.0943. The van der Waals surface area contributed by atoms with E-state index in [1.54, 1.807) is 12.3 Å². The van der Waals surface area contributed by atoms with Gasteiger partial charge in [-0.05, 0) is 37.6 Å². The van der Waals surface area contributed by atoms with Gasteiger partial charge in [0.15, 0.2) is 0 Å². The van der Waals surface area contributed by atoms with Crippen LogP contribution in [0.15, 0.2) is 48.8 Å². The van der Waals surface area contributed by atoms with Crippen LogP contribution in [0.2, 0.25) is 0 Å². The maximum atomic E-state index is 12.2. The zero-order valence-electron chi connectivity index (χ0n) is 14.3. The summed E-state index contributed by atoms with van der Waals surface area (Å²) >= 11 is 0. The summed E-state index contributed by atoms with van der Waals surface area (Å²) in [4.78, 5) is 12.2. The first-order valence-electron chi connectivity index (χ1n) is 8.13. The topological polar surface area (TPSA) is 84.8 Å². The second kappa shape index (κ2) is 7.65. The van der Waals surface area contributed by atoms with Crippen molar-refractivity contribution in [3.8, 4) is 5.75 Å². The van der Waals surface area contributed by atoms with Gasteiger partial charge in [0.2, 0.25) is 0 Å². The molecule has 0 saturated heterocycles. The van der Waals surface area contributed by atoms with Gasteiger partial charge in [0.25, 0.3) is 5.91 Å². The molecule has 2 heterocycles. The zero-order valence-corrected chi connectivity index (χ0v) is 14.3. The van der Waals surface area contributed by atoms with Crippen molar-refractivity contribution >= 4 is 5.91 Å². The van der Waals surface area contributed by atoms with E-state index < -0.39 is 0 Å². The molecule has 0 bridgehead atoms. The normalized spacial score (nSPS) is 11.9. The third-order valence-electron chi connectivity index (χ3n) is 3.74. The number of aryl methyl sites for hydroxylation is 1. The highest BCUT2D eigenvalue weighted by Crippen LogP contribution is 2.11. The van der Waals surface area contributed by atoms with Crippen LogP contribution < -0.4 is 10.1 Å². The molecule has 0 radical (unpaired) electrons. The van der Waals surface area contributed by atoms with Crippen molar-refractivity contribution in [3.05, 3.63) is 65.7 Å².